The van der Waals surface area contributed by atoms with Gasteiger partial charge in [0.2, 0.25) is 0 Å². The fourth-order valence-corrected chi connectivity index (χ4v) is 3.23. The molecule has 0 aliphatic carbocycles. The second-order valence-electron chi connectivity index (χ2n) is 5.93. The van der Waals surface area contributed by atoms with Crippen molar-refractivity contribution >= 4 is 11.9 Å². The maximum atomic E-state index is 14.4. The maximum Gasteiger partial charge on any atom is 0.312 e. The first kappa shape index (κ1) is 17.7. The average molecular weight is 359 g/mol. The Morgan fingerprint density at radius 1 is 1.15 bits per heavy atom. The lowest BCUT2D eigenvalue weighted by atomic mass is 9.89. The third-order valence-electron chi connectivity index (χ3n) is 4.49. The van der Waals surface area contributed by atoms with E-state index < -0.39 is 23.6 Å². The highest BCUT2D eigenvalue weighted by molar-refractivity contribution is 5.98. The number of hydrogen-bond donors (Lipinski definition) is 1. The molecule has 3 rings (SSSR count). The number of ether oxygens (including phenoxy) is 2. The van der Waals surface area contributed by atoms with E-state index >= 15 is 0 Å². The first-order chi connectivity index (χ1) is 12.5. The summed E-state index contributed by atoms with van der Waals surface area (Å²) in [6.45, 7) is 0.142. The van der Waals surface area contributed by atoms with E-state index in [-0.39, 0.29) is 30.2 Å². The smallest absolute Gasteiger partial charge is 0.312 e. The monoisotopic (exact) mass is 359 g/mol. The Balaban J connectivity index is 2.03. The topological polar surface area (TPSA) is 76.1 Å². The van der Waals surface area contributed by atoms with Gasteiger partial charge in [-0.25, -0.2) is 4.39 Å². The number of fused-ring (bicyclic) bond motifs is 1. The second-order valence-corrected chi connectivity index (χ2v) is 5.93. The van der Waals surface area contributed by atoms with E-state index in [2.05, 4.69) is 0 Å². The van der Waals surface area contributed by atoms with E-state index in [1.54, 1.807) is 24.3 Å². The van der Waals surface area contributed by atoms with Crippen LogP contribution in [0.2, 0.25) is 0 Å². The number of hydrogen-bond acceptors (Lipinski definition) is 4. The van der Waals surface area contributed by atoms with E-state index in [1.807, 2.05) is 0 Å². The average Bonchev–Trinajstić information content (AvgIpc) is 2.66. The number of nitrogens with zero attached hydrogens (tertiary/aromatic N) is 1. The molecular weight excluding hydrogens is 341 g/mol. The molecule has 0 saturated heterocycles. The SMILES string of the molecule is COc1ccc(F)c(C(=O)N2Cc3ccccc3C(C(=O)O)C2)c1OC. The minimum Gasteiger partial charge on any atom is -0.493 e. The Labute approximate surface area is 149 Å². The second kappa shape index (κ2) is 7.03. The predicted octanol–water partition coefficient (Wildman–Crippen LogP) is 2.67. The number of carbonyl (C=O) groups excluding carboxylic acids is 1. The molecule has 0 fully saturated rings. The van der Waals surface area contributed by atoms with Crippen LogP contribution in [0.1, 0.15) is 27.4 Å². The van der Waals surface area contributed by atoms with E-state index in [0.29, 0.717) is 5.56 Å². The summed E-state index contributed by atoms with van der Waals surface area (Å²) in [5.74, 6) is -3.08. The van der Waals surface area contributed by atoms with Crippen LogP contribution in [0.5, 0.6) is 11.5 Å². The van der Waals surface area contributed by atoms with Crippen molar-refractivity contribution in [3.05, 3.63) is 58.9 Å². The molecule has 0 aromatic heterocycles. The van der Waals surface area contributed by atoms with Crippen LogP contribution in [-0.4, -0.2) is 42.6 Å². The van der Waals surface area contributed by atoms with Gasteiger partial charge in [-0.15, -0.1) is 0 Å². The van der Waals surface area contributed by atoms with E-state index in [1.165, 1.54) is 25.2 Å². The Morgan fingerprint density at radius 2 is 1.88 bits per heavy atom. The number of carboxylic acid groups (broad SMARTS) is 1. The fraction of sp³-hybridized carbons (Fsp3) is 0.263. The van der Waals surface area contributed by atoms with E-state index in [9.17, 15) is 19.1 Å². The van der Waals surface area contributed by atoms with Gasteiger partial charge in [-0.1, -0.05) is 24.3 Å². The fourth-order valence-electron chi connectivity index (χ4n) is 3.23. The van der Waals surface area contributed by atoms with Crippen molar-refractivity contribution in [2.24, 2.45) is 0 Å². The summed E-state index contributed by atoms with van der Waals surface area (Å²) in [4.78, 5) is 26.0. The molecule has 1 N–H and O–H groups in total. The quantitative estimate of drug-likeness (QED) is 0.908. The van der Waals surface area contributed by atoms with Crippen LogP contribution in [0.4, 0.5) is 4.39 Å². The molecule has 136 valence electrons. The molecule has 1 aliphatic rings. The normalized spacial score (nSPS) is 16.0. The van der Waals surface area contributed by atoms with Gasteiger partial charge in [0.1, 0.15) is 11.4 Å². The highest BCUT2D eigenvalue weighted by Crippen LogP contribution is 2.36. The zero-order valence-corrected chi connectivity index (χ0v) is 14.4. The molecule has 7 heteroatoms. The first-order valence-electron chi connectivity index (χ1n) is 7.98. The molecule has 2 aromatic rings. The van der Waals surface area contributed by atoms with Gasteiger partial charge in [0.15, 0.2) is 11.5 Å². The van der Waals surface area contributed by atoms with Crippen molar-refractivity contribution in [3.8, 4) is 11.5 Å². The number of carboxylic acids is 1. The van der Waals surface area contributed by atoms with Crippen LogP contribution < -0.4 is 9.47 Å². The Hall–Kier alpha value is -3.09. The molecule has 2 aromatic carbocycles. The molecule has 1 amide bonds. The minimum absolute atomic E-state index is 0.0109. The summed E-state index contributed by atoms with van der Waals surface area (Å²) in [5.41, 5.74) is 1.12. The van der Waals surface area contributed by atoms with Gasteiger partial charge in [0, 0.05) is 13.1 Å². The van der Waals surface area contributed by atoms with Crippen molar-refractivity contribution in [3.63, 3.8) is 0 Å². The Morgan fingerprint density at radius 3 is 2.54 bits per heavy atom. The first-order valence-corrected chi connectivity index (χ1v) is 7.98. The highest BCUT2D eigenvalue weighted by atomic mass is 19.1. The minimum atomic E-state index is -1.03. The van der Waals surface area contributed by atoms with Gasteiger partial charge in [0.05, 0.1) is 20.1 Å². The molecular formula is C19H18FNO5. The number of amides is 1. The van der Waals surface area contributed by atoms with Crippen molar-refractivity contribution in [1.82, 2.24) is 4.90 Å². The standard InChI is InChI=1S/C19H18FNO5/c1-25-15-8-7-14(20)16(17(15)26-2)18(22)21-9-11-5-3-4-6-12(11)13(10-21)19(23)24/h3-8,13H,9-10H2,1-2H3,(H,23,24). The van der Waals surface area contributed by atoms with Crippen molar-refractivity contribution in [2.75, 3.05) is 20.8 Å². The largest absolute Gasteiger partial charge is 0.493 e. The number of methoxy groups -OCH3 is 2. The predicted molar refractivity (Wildman–Crippen MR) is 91.1 cm³/mol. The van der Waals surface area contributed by atoms with Gasteiger partial charge in [-0.2, -0.15) is 0 Å². The summed E-state index contributed by atoms with van der Waals surface area (Å²) < 4.78 is 24.7. The summed E-state index contributed by atoms with van der Waals surface area (Å²) in [5, 5.41) is 9.54. The number of carbonyl (C=O) groups is 2. The van der Waals surface area contributed by atoms with Crippen LogP contribution in [0, 0.1) is 5.82 Å². The van der Waals surface area contributed by atoms with E-state index in [0.717, 1.165) is 11.6 Å². The number of rotatable bonds is 4. The summed E-state index contributed by atoms with van der Waals surface area (Å²) in [6, 6.07) is 9.54. The van der Waals surface area contributed by atoms with Crippen LogP contribution in [0.15, 0.2) is 36.4 Å². The van der Waals surface area contributed by atoms with Gasteiger partial charge in [-0.05, 0) is 23.3 Å². The Bertz CT molecular complexity index is 867. The number of aliphatic carboxylic acids is 1. The van der Waals surface area contributed by atoms with Gasteiger partial charge in [0.25, 0.3) is 5.91 Å². The van der Waals surface area contributed by atoms with Crippen LogP contribution in [0.25, 0.3) is 0 Å². The zero-order chi connectivity index (χ0) is 18.8. The molecule has 0 spiro atoms. The molecule has 1 aliphatic heterocycles. The number of benzene rings is 2. The van der Waals surface area contributed by atoms with Crippen LogP contribution in [0.3, 0.4) is 0 Å². The molecule has 1 heterocycles. The maximum absolute atomic E-state index is 14.4. The molecule has 26 heavy (non-hydrogen) atoms. The van der Waals surface area contributed by atoms with Crippen molar-refractivity contribution in [1.29, 1.82) is 0 Å². The molecule has 6 nitrogen and oxygen atoms in total. The summed E-state index contributed by atoms with van der Waals surface area (Å²) in [7, 11) is 2.71. The Kier molecular flexibility index (Phi) is 4.79. The van der Waals surface area contributed by atoms with Crippen LogP contribution in [-0.2, 0) is 11.3 Å². The lowest BCUT2D eigenvalue weighted by Gasteiger charge is -2.33. The molecule has 0 saturated carbocycles. The summed E-state index contributed by atoms with van der Waals surface area (Å²) in [6.07, 6.45) is 0. The zero-order valence-electron chi connectivity index (χ0n) is 14.4. The molecule has 1 atom stereocenters. The van der Waals surface area contributed by atoms with Gasteiger partial charge in [-0.3, -0.25) is 9.59 Å². The third-order valence-corrected chi connectivity index (χ3v) is 4.49. The van der Waals surface area contributed by atoms with Crippen molar-refractivity contribution < 1.29 is 28.6 Å². The van der Waals surface area contributed by atoms with Crippen LogP contribution >= 0.6 is 0 Å². The van der Waals surface area contributed by atoms with Gasteiger partial charge < -0.3 is 19.5 Å². The molecule has 0 bridgehead atoms. The number of halogens is 1. The lowest BCUT2D eigenvalue weighted by molar-refractivity contribution is -0.139. The molecule has 1 unspecified atom stereocenters. The highest BCUT2D eigenvalue weighted by Gasteiger charge is 2.35. The molecule has 0 radical (unpaired) electrons. The lowest BCUT2D eigenvalue weighted by Crippen LogP contribution is -2.41. The van der Waals surface area contributed by atoms with E-state index in [4.69, 9.17) is 9.47 Å². The van der Waals surface area contributed by atoms with Crippen molar-refractivity contribution in [2.45, 2.75) is 12.5 Å². The van der Waals surface area contributed by atoms with Gasteiger partial charge >= 0.3 is 5.97 Å². The third kappa shape index (κ3) is 2.96. The summed E-state index contributed by atoms with van der Waals surface area (Å²) >= 11 is 0.